The fourth-order valence-electron chi connectivity index (χ4n) is 9.46. The van der Waals surface area contributed by atoms with E-state index in [1.807, 2.05) is 6.07 Å². The summed E-state index contributed by atoms with van der Waals surface area (Å²) in [5.41, 5.74) is 15.3. The van der Waals surface area contributed by atoms with Gasteiger partial charge in [-0.05, 0) is 63.2 Å². The van der Waals surface area contributed by atoms with E-state index in [0.717, 1.165) is 27.5 Å². The van der Waals surface area contributed by atoms with Gasteiger partial charge < -0.3 is 8.98 Å². The molecule has 0 radical (unpaired) electrons. The molecule has 2 heteroatoms. The highest BCUT2D eigenvalue weighted by atomic mass is 16.3. The molecule has 2 aromatic heterocycles. The second-order valence-corrected chi connectivity index (χ2v) is 14.0. The van der Waals surface area contributed by atoms with Gasteiger partial charge in [-0.25, -0.2) is 0 Å². The Morgan fingerprint density at radius 3 is 2.02 bits per heavy atom. The molecule has 1 unspecified atom stereocenters. The second-order valence-electron chi connectivity index (χ2n) is 14.0. The van der Waals surface area contributed by atoms with Crippen LogP contribution in [0.4, 0.5) is 0 Å². The van der Waals surface area contributed by atoms with E-state index in [0.29, 0.717) is 0 Å². The van der Waals surface area contributed by atoms with Crippen LogP contribution >= 0.6 is 0 Å². The largest absolute Gasteiger partial charge is 0.455 e. The summed E-state index contributed by atoms with van der Waals surface area (Å²) in [5.74, 6) is 0. The number of hydrogen-bond acceptors (Lipinski definition) is 1. The average Bonchev–Trinajstić information content (AvgIpc) is 3.69. The van der Waals surface area contributed by atoms with E-state index in [-0.39, 0.29) is 5.41 Å². The molecule has 0 saturated carbocycles. The Bertz CT molecular complexity index is 2830. The maximum atomic E-state index is 6.55. The minimum Gasteiger partial charge on any atom is -0.455 e. The van der Waals surface area contributed by atoms with Crippen LogP contribution in [0.1, 0.15) is 47.2 Å². The molecule has 11 rings (SSSR count). The van der Waals surface area contributed by atoms with Crippen molar-refractivity contribution in [2.24, 2.45) is 0 Å². The topological polar surface area (TPSA) is 18.1 Å². The molecule has 226 valence electrons. The number of aromatic nitrogens is 1. The summed E-state index contributed by atoms with van der Waals surface area (Å²) in [6.07, 6.45) is 0. The second kappa shape index (κ2) is 8.93. The van der Waals surface area contributed by atoms with Gasteiger partial charge in [0.25, 0.3) is 0 Å². The third-order valence-corrected chi connectivity index (χ3v) is 11.5. The Labute approximate surface area is 278 Å². The molecule has 3 heterocycles. The number of nitrogens with zero attached hydrogens (tertiary/aromatic N) is 1. The highest BCUT2D eigenvalue weighted by molar-refractivity contribution is 6.12. The number of rotatable bonds is 1. The van der Waals surface area contributed by atoms with Crippen molar-refractivity contribution < 1.29 is 4.42 Å². The zero-order valence-corrected chi connectivity index (χ0v) is 26.8. The molecule has 0 saturated heterocycles. The van der Waals surface area contributed by atoms with Crippen molar-refractivity contribution in [3.63, 3.8) is 0 Å². The third kappa shape index (κ3) is 3.00. The molecular weight excluding hydrogens is 583 g/mol. The van der Waals surface area contributed by atoms with Crippen molar-refractivity contribution in [3.8, 4) is 16.8 Å². The average molecular weight is 614 g/mol. The van der Waals surface area contributed by atoms with E-state index < -0.39 is 5.41 Å². The summed E-state index contributed by atoms with van der Waals surface area (Å²) in [4.78, 5) is 0. The summed E-state index contributed by atoms with van der Waals surface area (Å²) < 4.78 is 9.06. The number of para-hydroxylation sites is 5. The molecule has 1 atom stereocenters. The van der Waals surface area contributed by atoms with E-state index in [2.05, 4.69) is 164 Å². The minimum atomic E-state index is -0.494. The van der Waals surface area contributed by atoms with Crippen LogP contribution in [0.2, 0.25) is 0 Å². The van der Waals surface area contributed by atoms with Gasteiger partial charge in [-0.2, -0.15) is 0 Å². The lowest BCUT2D eigenvalue weighted by Gasteiger charge is -2.50. The Kier molecular flexibility index (Phi) is 4.88. The van der Waals surface area contributed by atoms with Crippen molar-refractivity contribution in [1.82, 2.24) is 4.57 Å². The first-order valence-electron chi connectivity index (χ1n) is 16.9. The van der Waals surface area contributed by atoms with Crippen molar-refractivity contribution in [3.05, 3.63) is 185 Å². The van der Waals surface area contributed by atoms with Crippen LogP contribution in [0.25, 0.3) is 60.6 Å². The van der Waals surface area contributed by atoms with Gasteiger partial charge in [0.1, 0.15) is 11.2 Å². The Balaban J connectivity index is 1.29. The summed E-state index contributed by atoms with van der Waals surface area (Å²) >= 11 is 0. The maximum absolute atomic E-state index is 6.55. The maximum Gasteiger partial charge on any atom is 0.143 e. The van der Waals surface area contributed by atoms with Crippen LogP contribution < -0.4 is 0 Å². The minimum absolute atomic E-state index is 0.234. The summed E-state index contributed by atoms with van der Waals surface area (Å²) in [5, 5.41) is 4.90. The molecule has 0 amide bonds. The lowest BCUT2D eigenvalue weighted by Crippen LogP contribution is -2.44. The number of benzene rings is 7. The smallest absolute Gasteiger partial charge is 0.143 e. The third-order valence-electron chi connectivity index (χ3n) is 11.5. The quantitative estimate of drug-likeness (QED) is 0.180. The highest BCUT2D eigenvalue weighted by Gasteiger charge is 2.52. The van der Waals surface area contributed by atoms with Gasteiger partial charge in [0.05, 0.1) is 22.1 Å². The first-order valence-corrected chi connectivity index (χ1v) is 16.9. The number of furan rings is 1. The SMILES string of the molecule is CC1(C)c2ccccc2C2(c3ccccc3-n3c4ccccc4c4cccc2c43)c2ccc(-c3cccc4c3oc3ccccc34)cc21. The predicted molar refractivity (Wildman–Crippen MR) is 197 cm³/mol. The molecule has 48 heavy (non-hydrogen) atoms. The molecule has 7 aromatic carbocycles. The molecule has 0 fully saturated rings. The van der Waals surface area contributed by atoms with Gasteiger partial charge in [0, 0.05) is 32.5 Å². The molecule has 1 aliphatic heterocycles. The summed E-state index contributed by atoms with van der Waals surface area (Å²) in [6, 6.07) is 56.2. The van der Waals surface area contributed by atoms with E-state index in [1.165, 1.54) is 66.4 Å². The Hall–Kier alpha value is -5.86. The molecular formula is C46H31NO. The molecule has 0 bridgehead atoms. The zero-order valence-electron chi connectivity index (χ0n) is 26.8. The fraction of sp³-hybridized carbons (Fsp3) is 0.0870. The Morgan fingerprint density at radius 1 is 0.479 bits per heavy atom. The molecule has 2 nitrogen and oxygen atoms in total. The first-order chi connectivity index (χ1) is 23.6. The highest BCUT2D eigenvalue weighted by Crippen LogP contribution is 2.60. The molecule has 1 aliphatic carbocycles. The lowest BCUT2D eigenvalue weighted by molar-refractivity contribution is 0.556. The predicted octanol–water partition coefficient (Wildman–Crippen LogP) is 11.7. The van der Waals surface area contributed by atoms with E-state index >= 15 is 0 Å². The van der Waals surface area contributed by atoms with Crippen LogP contribution in [-0.2, 0) is 10.8 Å². The van der Waals surface area contributed by atoms with E-state index in [4.69, 9.17) is 4.42 Å². The number of hydrogen-bond donors (Lipinski definition) is 0. The molecule has 2 aliphatic rings. The fourth-order valence-corrected chi connectivity index (χ4v) is 9.46. The lowest BCUT2D eigenvalue weighted by atomic mass is 9.53. The van der Waals surface area contributed by atoms with Crippen LogP contribution in [0.15, 0.2) is 156 Å². The van der Waals surface area contributed by atoms with Gasteiger partial charge in [0.2, 0.25) is 0 Å². The molecule has 0 N–H and O–H groups in total. The zero-order chi connectivity index (χ0) is 31.8. The van der Waals surface area contributed by atoms with Crippen LogP contribution in [0, 0.1) is 0 Å². The normalized spacial score (nSPS) is 17.2. The van der Waals surface area contributed by atoms with Gasteiger partial charge in [0.15, 0.2) is 0 Å². The summed E-state index contributed by atoms with van der Waals surface area (Å²) in [6.45, 7) is 4.80. The van der Waals surface area contributed by atoms with Gasteiger partial charge in [-0.1, -0.05) is 141 Å². The summed E-state index contributed by atoms with van der Waals surface area (Å²) in [7, 11) is 0. The monoisotopic (exact) mass is 613 g/mol. The van der Waals surface area contributed by atoms with Gasteiger partial charge >= 0.3 is 0 Å². The van der Waals surface area contributed by atoms with E-state index in [9.17, 15) is 0 Å². The number of fused-ring (bicyclic) bond motifs is 14. The van der Waals surface area contributed by atoms with Crippen LogP contribution in [0.3, 0.4) is 0 Å². The standard InChI is InChI=1S/C46H31NO/c1-45(2)34-18-5-6-19-35(34)46(36-26-25-28(27-39(36)45)29-15-11-17-33-31-14-4-10-24-42(31)48-44(29)33)37-20-7-9-23-41(37)47-40-22-8-3-13-30(40)32-16-12-21-38(46)43(32)47/h3-27H,1-2H3. The van der Waals surface area contributed by atoms with Gasteiger partial charge in [-0.15, -0.1) is 0 Å². The van der Waals surface area contributed by atoms with Crippen LogP contribution in [-0.4, -0.2) is 4.57 Å². The van der Waals surface area contributed by atoms with Crippen LogP contribution in [0.5, 0.6) is 0 Å². The van der Waals surface area contributed by atoms with Crippen molar-refractivity contribution >= 4 is 43.7 Å². The molecule has 9 aromatic rings. The first kappa shape index (κ1) is 26.2. The molecule has 1 spiro atoms. The Morgan fingerprint density at radius 2 is 1.12 bits per heavy atom. The van der Waals surface area contributed by atoms with E-state index in [1.54, 1.807) is 0 Å². The van der Waals surface area contributed by atoms with Gasteiger partial charge in [-0.3, -0.25) is 0 Å². The van der Waals surface area contributed by atoms with Crippen molar-refractivity contribution in [2.75, 3.05) is 0 Å². The van der Waals surface area contributed by atoms with Crippen molar-refractivity contribution in [1.29, 1.82) is 0 Å². The van der Waals surface area contributed by atoms with Crippen molar-refractivity contribution in [2.45, 2.75) is 24.7 Å².